The molecule has 4 nitrogen and oxygen atoms in total. The second-order valence-electron chi connectivity index (χ2n) is 4.46. The number of benzene rings is 2. The molecular formula is C15H12ClFN4. The fourth-order valence-corrected chi connectivity index (χ4v) is 2.35. The minimum Gasteiger partial charge on any atom is -0.325 e. The van der Waals surface area contributed by atoms with E-state index in [-0.39, 0.29) is 12.4 Å². The van der Waals surface area contributed by atoms with Gasteiger partial charge in [0.1, 0.15) is 17.2 Å². The largest absolute Gasteiger partial charge is 0.325 e. The van der Waals surface area contributed by atoms with Crippen LogP contribution in [-0.4, -0.2) is 15.0 Å². The molecule has 3 rings (SSSR count). The van der Waals surface area contributed by atoms with Crippen LogP contribution in [0.25, 0.3) is 16.9 Å². The number of rotatable bonds is 3. The molecule has 0 saturated carbocycles. The Labute approximate surface area is 126 Å². The molecule has 1 heterocycles. The molecule has 0 bridgehead atoms. The van der Waals surface area contributed by atoms with Gasteiger partial charge in [-0.3, -0.25) is 0 Å². The average molecular weight is 303 g/mol. The molecule has 0 unspecified atom stereocenters. The fraction of sp³-hybridized carbons (Fsp3) is 0.0667. The highest BCUT2D eigenvalue weighted by molar-refractivity contribution is 6.30. The van der Waals surface area contributed by atoms with Crippen molar-refractivity contribution < 1.29 is 4.39 Å². The smallest absolute Gasteiger partial charge is 0.132 e. The molecule has 2 N–H and O–H groups in total. The summed E-state index contributed by atoms with van der Waals surface area (Å²) in [5, 5.41) is 8.68. The summed E-state index contributed by atoms with van der Waals surface area (Å²) in [5.74, 6) is -0.349. The van der Waals surface area contributed by atoms with Gasteiger partial charge in [0.15, 0.2) is 0 Å². The molecule has 2 aromatic carbocycles. The molecule has 1 aromatic heterocycles. The van der Waals surface area contributed by atoms with Gasteiger partial charge in [0.25, 0.3) is 0 Å². The third kappa shape index (κ3) is 2.53. The van der Waals surface area contributed by atoms with Crippen LogP contribution in [0.4, 0.5) is 4.39 Å². The number of halogens is 2. The van der Waals surface area contributed by atoms with Crippen molar-refractivity contribution in [3.63, 3.8) is 0 Å². The Balaban J connectivity index is 2.24. The highest BCUT2D eigenvalue weighted by Crippen LogP contribution is 2.28. The van der Waals surface area contributed by atoms with Crippen LogP contribution in [0, 0.1) is 5.82 Å². The molecule has 6 heteroatoms. The molecule has 0 saturated heterocycles. The maximum absolute atomic E-state index is 14.1. The van der Waals surface area contributed by atoms with E-state index in [2.05, 4.69) is 10.3 Å². The van der Waals surface area contributed by atoms with Crippen molar-refractivity contribution in [1.29, 1.82) is 0 Å². The molecule has 106 valence electrons. The summed E-state index contributed by atoms with van der Waals surface area (Å²) in [5.41, 5.74) is 7.87. The zero-order valence-corrected chi connectivity index (χ0v) is 11.8. The number of nitrogens with zero attached hydrogens (tertiary/aromatic N) is 3. The Bertz CT molecular complexity index is 785. The molecule has 0 amide bonds. The van der Waals surface area contributed by atoms with Gasteiger partial charge in [0, 0.05) is 17.1 Å². The molecule has 0 aliphatic rings. The van der Waals surface area contributed by atoms with Gasteiger partial charge in [0.2, 0.25) is 0 Å². The average Bonchev–Trinajstić information content (AvgIpc) is 2.91. The first-order chi connectivity index (χ1) is 10.2. The molecular weight excluding hydrogens is 291 g/mol. The quantitative estimate of drug-likeness (QED) is 0.808. The van der Waals surface area contributed by atoms with Crippen LogP contribution in [0.5, 0.6) is 0 Å². The van der Waals surface area contributed by atoms with Gasteiger partial charge in [-0.05, 0) is 30.3 Å². The molecule has 0 fully saturated rings. The summed E-state index contributed by atoms with van der Waals surface area (Å²) in [6, 6.07) is 13.6. The Morgan fingerprint density at radius 1 is 1.14 bits per heavy atom. The molecule has 3 aromatic rings. The van der Waals surface area contributed by atoms with E-state index >= 15 is 0 Å². The fourth-order valence-electron chi connectivity index (χ4n) is 2.16. The van der Waals surface area contributed by atoms with E-state index in [9.17, 15) is 4.39 Å². The molecule has 0 atom stereocenters. The van der Waals surface area contributed by atoms with Crippen molar-refractivity contribution in [3.05, 3.63) is 65.1 Å². The van der Waals surface area contributed by atoms with E-state index in [1.54, 1.807) is 41.1 Å². The third-order valence-electron chi connectivity index (χ3n) is 3.12. The second kappa shape index (κ2) is 5.63. The van der Waals surface area contributed by atoms with Crippen LogP contribution < -0.4 is 5.73 Å². The predicted molar refractivity (Wildman–Crippen MR) is 79.7 cm³/mol. The summed E-state index contributed by atoms with van der Waals surface area (Å²) in [6.45, 7) is 0.171. The van der Waals surface area contributed by atoms with Crippen molar-refractivity contribution in [1.82, 2.24) is 15.0 Å². The zero-order valence-electron chi connectivity index (χ0n) is 11.0. The Morgan fingerprint density at radius 3 is 2.67 bits per heavy atom. The Morgan fingerprint density at radius 2 is 1.95 bits per heavy atom. The van der Waals surface area contributed by atoms with E-state index in [1.807, 2.05) is 6.07 Å². The van der Waals surface area contributed by atoms with E-state index in [4.69, 9.17) is 17.3 Å². The first kappa shape index (κ1) is 13.7. The highest BCUT2D eigenvalue weighted by atomic mass is 35.5. The van der Waals surface area contributed by atoms with Gasteiger partial charge < -0.3 is 5.73 Å². The number of nitrogens with two attached hydrogens (primary N) is 1. The van der Waals surface area contributed by atoms with E-state index in [1.165, 1.54) is 6.07 Å². The maximum Gasteiger partial charge on any atom is 0.132 e. The van der Waals surface area contributed by atoms with Crippen molar-refractivity contribution in [2.75, 3.05) is 0 Å². The lowest BCUT2D eigenvalue weighted by Gasteiger charge is -2.09. The van der Waals surface area contributed by atoms with Gasteiger partial charge in [-0.15, -0.1) is 5.10 Å². The van der Waals surface area contributed by atoms with Gasteiger partial charge in [0.05, 0.1) is 5.69 Å². The van der Waals surface area contributed by atoms with Crippen LogP contribution in [-0.2, 0) is 6.54 Å². The predicted octanol–water partition coefficient (Wildman–Crippen LogP) is 3.19. The third-order valence-corrected chi connectivity index (χ3v) is 3.35. The number of hydrogen-bond acceptors (Lipinski definition) is 3. The molecule has 0 spiro atoms. The maximum atomic E-state index is 14.1. The van der Waals surface area contributed by atoms with Crippen molar-refractivity contribution in [2.45, 2.75) is 6.54 Å². The Hall–Kier alpha value is -2.24. The number of aromatic nitrogens is 3. The molecule has 0 aliphatic carbocycles. The molecule has 0 aliphatic heterocycles. The minimum atomic E-state index is -0.349. The Kier molecular flexibility index (Phi) is 3.68. The first-order valence-electron chi connectivity index (χ1n) is 6.36. The van der Waals surface area contributed by atoms with Gasteiger partial charge in [-0.1, -0.05) is 35.0 Å². The SMILES string of the molecule is NCc1nnn(-c2cccc(Cl)c2)c1-c1ccccc1F. The standard InChI is InChI=1S/C15H12ClFN4/c16-10-4-3-5-11(8-10)21-15(14(9-18)19-20-21)12-6-1-2-7-13(12)17/h1-8H,9,18H2. The lowest BCUT2D eigenvalue weighted by Crippen LogP contribution is -2.03. The second-order valence-corrected chi connectivity index (χ2v) is 4.90. The molecule has 21 heavy (non-hydrogen) atoms. The van der Waals surface area contributed by atoms with Gasteiger partial charge >= 0.3 is 0 Å². The summed E-state index contributed by atoms with van der Waals surface area (Å²) in [4.78, 5) is 0. The van der Waals surface area contributed by atoms with Crippen LogP contribution in [0.1, 0.15) is 5.69 Å². The lowest BCUT2D eigenvalue weighted by molar-refractivity contribution is 0.629. The first-order valence-corrected chi connectivity index (χ1v) is 6.74. The van der Waals surface area contributed by atoms with Gasteiger partial charge in [-0.25, -0.2) is 9.07 Å². The lowest BCUT2D eigenvalue weighted by atomic mass is 10.1. The molecule has 0 radical (unpaired) electrons. The van der Waals surface area contributed by atoms with E-state index in [0.717, 1.165) is 0 Å². The van der Waals surface area contributed by atoms with Crippen LogP contribution >= 0.6 is 11.6 Å². The van der Waals surface area contributed by atoms with Crippen LogP contribution in [0.2, 0.25) is 5.02 Å². The summed E-state index contributed by atoms with van der Waals surface area (Å²) < 4.78 is 15.7. The summed E-state index contributed by atoms with van der Waals surface area (Å²) in [6.07, 6.45) is 0. The topological polar surface area (TPSA) is 56.7 Å². The highest BCUT2D eigenvalue weighted by Gasteiger charge is 2.18. The normalized spacial score (nSPS) is 10.8. The van der Waals surface area contributed by atoms with Crippen molar-refractivity contribution in [2.24, 2.45) is 5.73 Å². The van der Waals surface area contributed by atoms with E-state index < -0.39 is 0 Å². The minimum absolute atomic E-state index is 0.171. The van der Waals surface area contributed by atoms with E-state index in [0.29, 0.717) is 27.7 Å². The zero-order chi connectivity index (χ0) is 14.8. The summed E-state index contributed by atoms with van der Waals surface area (Å²) >= 11 is 6.00. The van der Waals surface area contributed by atoms with Crippen molar-refractivity contribution in [3.8, 4) is 16.9 Å². The van der Waals surface area contributed by atoms with Crippen LogP contribution in [0.15, 0.2) is 48.5 Å². The van der Waals surface area contributed by atoms with Crippen molar-refractivity contribution >= 4 is 11.6 Å². The summed E-state index contributed by atoms with van der Waals surface area (Å²) in [7, 11) is 0. The number of hydrogen-bond donors (Lipinski definition) is 1. The van der Waals surface area contributed by atoms with Gasteiger partial charge in [-0.2, -0.15) is 0 Å². The monoisotopic (exact) mass is 302 g/mol. The van der Waals surface area contributed by atoms with Crippen LogP contribution in [0.3, 0.4) is 0 Å².